The second-order valence-corrected chi connectivity index (χ2v) is 5.17. The van der Waals surface area contributed by atoms with Crippen LogP contribution in [0.1, 0.15) is 5.56 Å². The smallest absolute Gasteiger partial charge is 0.348 e. The minimum Gasteiger partial charge on any atom is -0.477 e. The zero-order chi connectivity index (χ0) is 12.6. The van der Waals surface area contributed by atoms with E-state index in [1.165, 1.54) is 18.2 Å². The molecule has 0 radical (unpaired) electrons. The zero-order valence-electron chi connectivity index (χ0n) is 8.42. The molecule has 17 heavy (non-hydrogen) atoms. The molecule has 2 rings (SSSR count). The second-order valence-electron chi connectivity index (χ2n) is 3.40. The Labute approximate surface area is 96.6 Å². The second kappa shape index (κ2) is 3.81. The van der Waals surface area contributed by atoms with Crippen LogP contribution in [0.25, 0.3) is 5.57 Å². The lowest BCUT2D eigenvalue weighted by Crippen LogP contribution is -2.09. The Morgan fingerprint density at radius 3 is 2.29 bits per heavy atom. The normalized spacial score (nSPS) is 17.5. The molecule has 1 N–H and O–H groups in total. The molecule has 0 bridgehead atoms. The molecule has 1 aliphatic rings. The molecule has 0 fully saturated rings. The molecule has 0 aromatic heterocycles. The van der Waals surface area contributed by atoms with Gasteiger partial charge in [0.25, 0.3) is 0 Å². The largest absolute Gasteiger partial charge is 0.477 e. The van der Waals surface area contributed by atoms with Crippen molar-refractivity contribution in [3.8, 4) is 0 Å². The Hall–Kier alpha value is -1.95. The first kappa shape index (κ1) is 11.5. The molecule has 0 saturated carbocycles. The average molecular weight is 254 g/mol. The van der Waals surface area contributed by atoms with E-state index in [2.05, 4.69) is 0 Å². The van der Waals surface area contributed by atoms with Gasteiger partial charge in [-0.1, -0.05) is 12.1 Å². The molecule has 1 aromatic rings. The number of rotatable bonds is 2. The Morgan fingerprint density at radius 1 is 1.18 bits per heavy atom. The van der Waals surface area contributed by atoms with E-state index in [1.54, 1.807) is 0 Å². The Bertz CT molecular complexity index is 639. The fourth-order valence-corrected chi connectivity index (χ4v) is 2.74. The van der Waals surface area contributed by atoms with Gasteiger partial charge in [-0.05, 0) is 23.8 Å². The summed E-state index contributed by atoms with van der Waals surface area (Å²) in [6.07, 6.45) is 1.20. The van der Waals surface area contributed by atoms with Gasteiger partial charge in [0, 0.05) is 11.0 Å². The maximum atomic E-state index is 12.7. The summed E-state index contributed by atoms with van der Waals surface area (Å²) >= 11 is 0. The first-order chi connectivity index (χ1) is 7.92. The molecule has 4 nitrogen and oxygen atoms in total. The first-order valence-electron chi connectivity index (χ1n) is 4.58. The standard InChI is InChI=1S/C11H7FO4S/c12-8-3-1-7(2-4-8)9-5-6-17(15,16)10(9)11(13)14/h1-6H,(H,13,14). The first-order valence-corrected chi connectivity index (χ1v) is 6.13. The Kier molecular flexibility index (Phi) is 2.59. The summed E-state index contributed by atoms with van der Waals surface area (Å²) in [5.41, 5.74) is 0.415. The summed E-state index contributed by atoms with van der Waals surface area (Å²) in [6, 6.07) is 4.94. The minimum absolute atomic E-state index is 0.0671. The van der Waals surface area contributed by atoms with Crippen molar-refractivity contribution in [2.24, 2.45) is 0 Å². The van der Waals surface area contributed by atoms with E-state index in [9.17, 15) is 17.6 Å². The van der Waals surface area contributed by atoms with Crippen LogP contribution in [0.3, 0.4) is 0 Å². The van der Waals surface area contributed by atoms with Gasteiger partial charge in [-0.15, -0.1) is 0 Å². The number of hydrogen-bond acceptors (Lipinski definition) is 3. The van der Waals surface area contributed by atoms with Gasteiger partial charge in [0.1, 0.15) is 5.82 Å². The summed E-state index contributed by atoms with van der Waals surface area (Å²) in [7, 11) is -3.89. The van der Waals surface area contributed by atoms with Gasteiger partial charge in [-0.3, -0.25) is 0 Å². The van der Waals surface area contributed by atoms with Gasteiger partial charge >= 0.3 is 5.97 Å². The number of carboxylic acid groups (broad SMARTS) is 1. The van der Waals surface area contributed by atoms with E-state index < -0.39 is 26.5 Å². The van der Waals surface area contributed by atoms with Crippen LogP contribution in [-0.2, 0) is 14.6 Å². The quantitative estimate of drug-likeness (QED) is 0.869. The number of carbonyl (C=O) groups is 1. The van der Waals surface area contributed by atoms with Crippen molar-refractivity contribution in [3.63, 3.8) is 0 Å². The summed E-state index contributed by atoms with van der Waals surface area (Å²) in [4.78, 5) is 10.2. The lowest BCUT2D eigenvalue weighted by molar-refractivity contribution is -0.131. The van der Waals surface area contributed by atoms with E-state index in [4.69, 9.17) is 5.11 Å². The van der Waals surface area contributed by atoms with Crippen LogP contribution in [-0.4, -0.2) is 19.5 Å². The molecule has 0 atom stereocenters. The third kappa shape index (κ3) is 1.99. The molecule has 1 aliphatic heterocycles. The van der Waals surface area contributed by atoms with E-state index in [1.807, 2.05) is 0 Å². The van der Waals surface area contributed by atoms with Gasteiger partial charge in [0.05, 0.1) is 0 Å². The van der Waals surface area contributed by atoms with E-state index in [-0.39, 0.29) is 5.57 Å². The SMILES string of the molecule is O=C(O)C1=C(c2ccc(F)cc2)C=CS1(=O)=O. The molecule has 1 aromatic carbocycles. The van der Waals surface area contributed by atoms with Crippen LogP contribution in [0.15, 0.2) is 40.7 Å². The number of allylic oxidation sites excluding steroid dienone is 2. The topological polar surface area (TPSA) is 71.4 Å². The number of sulfone groups is 1. The third-order valence-corrected chi connectivity index (χ3v) is 3.75. The highest BCUT2D eigenvalue weighted by atomic mass is 32.2. The molecule has 0 saturated heterocycles. The van der Waals surface area contributed by atoms with Gasteiger partial charge in [-0.25, -0.2) is 17.6 Å². The molecule has 1 heterocycles. The number of aliphatic carboxylic acids is 1. The highest BCUT2D eigenvalue weighted by Gasteiger charge is 2.30. The molecule has 0 unspecified atom stereocenters. The minimum atomic E-state index is -3.89. The van der Waals surface area contributed by atoms with Crippen LogP contribution in [0.2, 0.25) is 0 Å². The van der Waals surface area contributed by atoms with Crippen molar-refractivity contribution < 1.29 is 22.7 Å². The molecule has 0 amide bonds. The molecular weight excluding hydrogens is 247 g/mol. The lowest BCUT2D eigenvalue weighted by atomic mass is 10.1. The number of hydrogen-bond donors (Lipinski definition) is 1. The lowest BCUT2D eigenvalue weighted by Gasteiger charge is -2.02. The van der Waals surface area contributed by atoms with E-state index in [0.29, 0.717) is 5.56 Å². The number of halogens is 1. The van der Waals surface area contributed by atoms with Crippen molar-refractivity contribution >= 4 is 21.4 Å². The summed E-state index contributed by atoms with van der Waals surface area (Å²) < 4.78 is 35.6. The van der Waals surface area contributed by atoms with Crippen molar-refractivity contribution in [3.05, 3.63) is 52.0 Å². The van der Waals surface area contributed by atoms with Gasteiger partial charge < -0.3 is 5.11 Å². The van der Waals surface area contributed by atoms with E-state index >= 15 is 0 Å². The maximum Gasteiger partial charge on any atom is 0.348 e. The molecule has 88 valence electrons. The van der Waals surface area contributed by atoms with Crippen molar-refractivity contribution in [2.45, 2.75) is 0 Å². The van der Waals surface area contributed by atoms with E-state index in [0.717, 1.165) is 17.5 Å². The van der Waals surface area contributed by atoms with Crippen LogP contribution >= 0.6 is 0 Å². The molecule has 0 spiro atoms. The number of carboxylic acids is 1. The highest BCUT2D eigenvalue weighted by molar-refractivity contribution is 7.99. The molecular formula is C11H7FO4S. The average Bonchev–Trinajstić information content (AvgIpc) is 2.55. The van der Waals surface area contributed by atoms with Crippen molar-refractivity contribution in [1.82, 2.24) is 0 Å². The summed E-state index contributed by atoms with van der Waals surface area (Å²) in [6.45, 7) is 0. The monoisotopic (exact) mass is 254 g/mol. The predicted molar refractivity (Wildman–Crippen MR) is 59.0 cm³/mol. The molecule has 6 heteroatoms. The zero-order valence-corrected chi connectivity index (χ0v) is 9.24. The van der Waals surface area contributed by atoms with Crippen LogP contribution < -0.4 is 0 Å². The number of benzene rings is 1. The Balaban J connectivity index is 2.65. The summed E-state index contributed by atoms with van der Waals surface area (Å²) in [5.74, 6) is -2.00. The predicted octanol–water partition coefficient (Wildman–Crippen LogP) is 1.56. The maximum absolute atomic E-state index is 12.7. The van der Waals surface area contributed by atoms with Gasteiger partial charge in [-0.2, -0.15) is 0 Å². The fraction of sp³-hybridized carbons (Fsp3) is 0. The fourth-order valence-electron chi connectivity index (χ4n) is 1.55. The van der Waals surface area contributed by atoms with Gasteiger partial charge in [0.2, 0.25) is 9.84 Å². The highest BCUT2D eigenvalue weighted by Crippen LogP contribution is 2.31. The van der Waals surface area contributed by atoms with Crippen LogP contribution in [0.5, 0.6) is 0 Å². The van der Waals surface area contributed by atoms with Crippen LogP contribution in [0, 0.1) is 5.82 Å². The van der Waals surface area contributed by atoms with Crippen LogP contribution in [0.4, 0.5) is 4.39 Å². The summed E-state index contributed by atoms with van der Waals surface area (Å²) in [5, 5.41) is 9.71. The van der Waals surface area contributed by atoms with Crippen molar-refractivity contribution in [2.75, 3.05) is 0 Å². The Morgan fingerprint density at radius 2 is 1.76 bits per heavy atom. The molecule has 0 aliphatic carbocycles. The van der Waals surface area contributed by atoms with Crippen molar-refractivity contribution in [1.29, 1.82) is 0 Å². The third-order valence-electron chi connectivity index (χ3n) is 2.29. The van der Waals surface area contributed by atoms with Gasteiger partial charge in [0.15, 0.2) is 4.91 Å².